The number of hydrogen-bond donors (Lipinski definition) is 2. The predicted octanol–water partition coefficient (Wildman–Crippen LogP) is 2.31. The number of rotatable bonds is 5. The number of likely N-dealkylation sites (tertiary alicyclic amines) is 1. The van der Waals surface area contributed by atoms with Gasteiger partial charge in [-0.3, -0.25) is 20.3 Å². The molecule has 0 unspecified atom stereocenters. The number of nitrogens with one attached hydrogen (secondary N) is 1. The third-order valence-corrected chi connectivity index (χ3v) is 3.99. The van der Waals surface area contributed by atoms with Gasteiger partial charge in [-0.05, 0) is 37.3 Å². The van der Waals surface area contributed by atoms with Crippen LogP contribution in [0.3, 0.4) is 0 Å². The van der Waals surface area contributed by atoms with Gasteiger partial charge in [-0.1, -0.05) is 0 Å². The van der Waals surface area contributed by atoms with Crippen LogP contribution in [-0.2, 0) is 4.79 Å². The molecule has 0 radical (unpaired) electrons. The van der Waals surface area contributed by atoms with Crippen LogP contribution in [0.4, 0.5) is 5.69 Å². The average Bonchev–Trinajstić information content (AvgIpc) is 2.54. The summed E-state index contributed by atoms with van der Waals surface area (Å²) in [5, 5.41) is 17.9. The Balaban J connectivity index is 0.00000288. The molecule has 8 nitrogen and oxygen atoms in total. The van der Waals surface area contributed by atoms with Crippen LogP contribution < -0.4 is 10.5 Å². The number of guanidine groups is 1. The fourth-order valence-corrected chi connectivity index (χ4v) is 2.60. The maximum atomic E-state index is 11.8. The van der Waals surface area contributed by atoms with Crippen LogP contribution in [0.1, 0.15) is 25.7 Å². The number of hydrogen-bond acceptors (Lipinski definition) is 5. The van der Waals surface area contributed by atoms with E-state index >= 15 is 0 Å². The van der Waals surface area contributed by atoms with Gasteiger partial charge >= 0.3 is 5.97 Å². The highest BCUT2D eigenvalue weighted by molar-refractivity contribution is 5.85. The fourth-order valence-electron chi connectivity index (χ4n) is 2.60. The van der Waals surface area contributed by atoms with Gasteiger partial charge in [0.05, 0.1) is 4.92 Å². The molecule has 1 aliphatic rings. The molecule has 1 aromatic carbocycles. The number of nitrogens with two attached hydrogens (primary N) is 1. The van der Waals surface area contributed by atoms with Crippen LogP contribution in [0.15, 0.2) is 24.3 Å². The SMILES string of the molecule is Cl.N=C(N)N1CCC(CCC(=O)Oc2ccc([N+](=O)[O-])cc2)CC1. The first-order valence-corrected chi connectivity index (χ1v) is 7.50. The van der Waals surface area contributed by atoms with Gasteiger partial charge in [-0.25, -0.2) is 0 Å². The molecule has 0 atom stereocenters. The minimum atomic E-state index is -0.501. The number of carbonyl (C=O) groups excluding carboxylic acids is 1. The van der Waals surface area contributed by atoms with Crippen molar-refractivity contribution in [1.82, 2.24) is 4.90 Å². The van der Waals surface area contributed by atoms with Crippen molar-refractivity contribution < 1.29 is 14.5 Å². The fraction of sp³-hybridized carbons (Fsp3) is 0.467. The second kappa shape index (κ2) is 9.07. The lowest BCUT2D eigenvalue weighted by Gasteiger charge is -2.31. The Morgan fingerprint density at radius 2 is 1.92 bits per heavy atom. The summed E-state index contributed by atoms with van der Waals surface area (Å²) in [5.41, 5.74) is 5.40. The molecule has 132 valence electrons. The number of halogens is 1. The molecule has 0 saturated carbocycles. The minimum Gasteiger partial charge on any atom is -0.427 e. The molecule has 24 heavy (non-hydrogen) atoms. The Morgan fingerprint density at radius 3 is 2.42 bits per heavy atom. The molecule has 0 spiro atoms. The van der Waals surface area contributed by atoms with E-state index in [0.717, 1.165) is 32.4 Å². The number of nitro groups is 1. The van der Waals surface area contributed by atoms with E-state index in [0.29, 0.717) is 18.1 Å². The molecular weight excluding hydrogens is 336 g/mol. The van der Waals surface area contributed by atoms with Crippen LogP contribution in [0.25, 0.3) is 0 Å². The summed E-state index contributed by atoms with van der Waals surface area (Å²) >= 11 is 0. The Bertz CT molecular complexity index is 586. The normalized spacial score (nSPS) is 14.6. The maximum Gasteiger partial charge on any atom is 0.311 e. The van der Waals surface area contributed by atoms with Crippen LogP contribution in [0, 0.1) is 21.4 Å². The van der Waals surface area contributed by atoms with Gasteiger partial charge in [-0.15, -0.1) is 12.4 Å². The van der Waals surface area contributed by atoms with E-state index in [1.807, 2.05) is 4.90 Å². The molecule has 2 rings (SSSR count). The molecule has 1 saturated heterocycles. The largest absolute Gasteiger partial charge is 0.427 e. The third kappa shape index (κ3) is 5.69. The summed E-state index contributed by atoms with van der Waals surface area (Å²) in [6.45, 7) is 1.49. The van der Waals surface area contributed by atoms with Crippen molar-refractivity contribution >= 4 is 30.0 Å². The summed E-state index contributed by atoms with van der Waals surface area (Å²) in [7, 11) is 0. The van der Waals surface area contributed by atoms with Gasteiger partial charge in [-0.2, -0.15) is 0 Å². The zero-order chi connectivity index (χ0) is 16.8. The summed E-state index contributed by atoms with van der Waals surface area (Å²) < 4.78 is 5.17. The minimum absolute atomic E-state index is 0. The number of benzene rings is 1. The van der Waals surface area contributed by atoms with Crippen molar-refractivity contribution in [3.8, 4) is 5.75 Å². The Labute approximate surface area is 146 Å². The van der Waals surface area contributed by atoms with Crippen molar-refractivity contribution in [2.75, 3.05) is 13.1 Å². The first-order valence-electron chi connectivity index (χ1n) is 7.50. The molecule has 1 aromatic rings. The second-order valence-corrected chi connectivity index (χ2v) is 5.58. The average molecular weight is 357 g/mol. The Morgan fingerprint density at radius 1 is 1.33 bits per heavy atom. The van der Waals surface area contributed by atoms with Gasteiger partial charge in [0, 0.05) is 31.6 Å². The molecule has 0 aromatic heterocycles. The summed E-state index contributed by atoms with van der Waals surface area (Å²) in [4.78, 5) is 23.7. The number of non-ortho nitro benzene ring substituents is 1. The number of esters is 1. The quantitative estimate of drug-likeness (QED) is 0.208. The zero-order valence-corrected chi connectivity index (χ0v) is 14.0. The third-order valence-electron chi connectivity index (χ3n) is 3.99. The Hall–Kier alpha value is -2.35. The predicted molar refractivity (Wildman–Crippen MR) is 91.4 cm³/mol. The first-order chi connectivity index (χ1) is 11.0. The van der Waals surface area contributed by atoms with Gasteiger partial charge in [0.1, 0.15) is 5.75 Å². The molecular formula is C15H21ClN4O4. The number of carbonyl (C=O) groups is 1. The number of ether oxygens (including phenoxy) is 1. The molecule has 0 aliphatic carbocycles. The Kier molecular flexibility index (Phi) is 7.44. The highest BCUT2D eigenvalue weighted by atomic mass is 35.5. The summed E-state index contributed by atoms with van der Waals surface area (Å²) in [5.74, 6) is 0.496. The summed E-state index contributed by atoms with van der Waals surface area (Å²) in [6, 6.07) is 5.45. The molecule has 0 amide bonds. The van der Waals surface area contributed by atoms with E-state index in [1.54, 1.807) is 0 Å². The molecule has 1 fully saturated rings. The van der Waals surface area contributed by atoms with Crippen LogP contribution in [-0.4, -0.2) is 34.8 Å². The van der Waals surface area contributed by atoms with E-state index < -0.39 is 4.92 Å². The monoisotopic (exact) mass is 356 g/mol. The number of nitrogens with zero attached hydrogens (tertiary/aromatic N) is 2. The van der Waals surface area contributed by atoms with Gasteiger partial charge in [0.15, 0.2) is 5.96 Å². The van der Waals surface area contributed by atoms with Gasteiger partial charge in [0.2, 0.25) is 0 Å². The molecule has 9 heteroatoms. The molecule has 0 bridgehead atoms. The van der Waals surface area contributed by atoms with Crippen LogP contribution in [0.5, 0.6) is 5.75 Å². The lowest BCUT2D eigenvalue weighted by Crippen LogP contribution is -2.42. The smallest absolute Gasteiger partial charge is 0.311 e. The standard InChI is InChI=1S/C15H20N4O4.ClH/c16-15(17)18-9-7-11(8-10-18)1-6-14(20)23-13-4-2-12(3-5-13)19(21)22;/h2-5,11H,1,6-10H2,(H3,16,17);1H. The van der Waals surface area contributed by atoms with E-state index in [2.05, 4.69) is 0 Å². The van der Waals surface area contributed by atoms with Gasteiger partial charge in [0.25, 0.3) is 5.69 Å². The van der Waals surface area contributed by atoms with Crippen LogP contribution >= 0.6 is 12.4 Å². The second-order valence-electron chi connectivity index (χ2n) is 5.58. The van der Waals surface area contributed by atoms with Crippen molar-refractivity contribution in [3.63, 3.8) is 0 Å². The highest BCUT2D eigenvalue weighted by Crippen LogP contribution is 2.23. The maximum absolute atomic E-state index is 11.8. The van der Waals surface area contributed by atoms with Crippen molar-refractivity contribution in [2.24, 2.45) is 11.7 Å². The van der Waals surface area contributed by atoms with Crippen LogP contribution in [0.2, 0.25) is 0 Å². The van der Waals surface area contributed by atoms with E-state index in [-0.39, 0.29) is 30.0 Å². The van der Waals surface area contributed by atoms with E-state index in [4.69, 9.17) is 15.9 Å². The molecule has 3 N–H and O–H groups in total. The van der Waals surface area contributed by atoms with Crippen molar-refractivity contribution in [2.45, 2.75) is 25.7 Å². The number of piperidine rings is 1. The first kappa shape index (κ1) is 19.7. The molecule has 1 aliphatic heterocycles. The van der Waals surface area contributed by atoms with E-state index in [9.17, 15) is 14.9 Å². The number of nitro benzene ring substituents is 1. The topological polar surface area (TPSA) is 123 Å². The van der Waals surface area contributed by atoms with Crippen molar-refractivity contribution in [1.29, 1.82) is 5.41 Å². The molecule has 1 heterocycles. The summed E-state index contributed by atoms with van der Waals surface area (Å²) in [6.07, 6.45) is 2.86. The lowest BCUT2D eigenvalue weighted by atomic mass is 9.92. The van der Waals surface area contributed by atoms with Crippen molar-refractivity contribution in [3.05, 3.63) is 34.4 Å². The lowest BCUT2D eigenvalue weighted by molar-refractivity contribution is -0.384. The zero-order valence-electron chi connectivity index (χ0n) is 13.1. The van der Waals surface area contributed by atoms with E-state index in [1.165, 1.54) is 24.3 Å². The van der Waals surface area contributed by atoms with Gasteiger partial charge < -0.3 is 15.4 Å². The highest BCUT2D eigenvalue weighted by Gasteiger charge is 2.21.